The average Bonchev–Trinajstić information content (AvgIpc) is 3.87. The van der Waals surface area contributed by atoms with Crippen LogP contribution >= 0.6 is 0 Å². The Kier molecular flexibility index (Phi) is 13.1. The van der Waals surface area contributed by atoms with Crippen molar-refractivity contribution in [3.8, 4) is 0 Å². The Morgan fingerprint density at radius 3 is 1.76 bits per heavy atom. The highest BCUT2D eigenvalue weighted by atomic mass is 16.7. The van der Waals surface area contributed by atoms with E-state index in [1.165, 1.54) is 57.8 Å². The van der Waals surface area contributed by atoms with Gasteiger partial charge in [0.15, 0.2) is 6.29 Å². The van der Waals surface area contributed by atoms with Crippen LogP contribution in [0.3, 0.4) is 0 Å². The Morgan fingerprint density at radius 1 is 0.667 bits per heavy atom. The number of hydrogen-bond donors (Lipinski definition) is 0. The van der Waals surface area contributed by atoms with Crippen molar-refractivity contribution in [2.24, 2.45) is 64.1 Å². The molecule has 0 aromatic heterocycles. The largest absolute Gasteiger partial charge is 0.459 e. The molecule has 45 heavy (non-hydrogen) atoms. The minimum Gasteiger partial charge on any atom is -0.459 e. The Balaban J connectivity index is 0.000000227. The van der Waals surface area contributed by atoms with E-state index in [1.54, 1.807) is 0 Å². The van der Waals surface area contributed by atoms with Crippen LogP contribution in [0, 0.1) is 64.1 Å². The molecule has 0 aromatic rings. The summed E-state index contributed by atoms with van der Waals surface area (Å²) < 4.78 is 17.7. The zero-order chi connectivity index (χ0) is 33.9. The molecule has 262 valence electrons. The fraction of sp³-hybridized carbons (Fsp3) is 0.950. The van der Waals surface area contributed by atoms with Crippen LogP contribution in [0.25, 0.3) is 0 Å². The Bertz CT molecular complexity index is 968. The molecule has 6 aliphatic rings. The molecule has 11 atom stereocenters. The zero-order valence-electron chi connectivity index (χ0n) is 31.7. The lowest BCUT2D eigenvalue weighted by Crippen LogP contribution is -2.42. The van der Waals surface area contributed by atoms with Gasteiger partial charge in [-0.25, -0.2) is 0 Å². The summed E-state index contributed by atoms with van der Waals surface area (Å²) in [5, 5.41) is 0. The quantitative estimate of drug-likeness (QED) is 0.144. The van der Waals surface area contributed by atoms with E-state index >= 15 is 0 Å². The predicted octanol–water partition coefficient (Wildman–Crippen LogP) is 10.6. The Hall–Kier alpha value is -1.10. The summed E-state index contributed by atoms with van der Waals surface area (Å²) in [5.74, 6) is 7.67. The summed E-state index contributed by atoms with van der Waals surface area (Å²) in [7, 11) is 0. The van der Waals surface area contributed by atoms with Crippen LogP contribution in [0.15, 0.2) is 0 Å². The number of esters is 2. The van der Waals surface area contributed by atoms with Crippen LogP contribution < -0.4 is 0 Å². The molecule has 6 bridgehead atoms. The lowest BCUT2D eigenvalue weighted by atomic mass is 9.70. The van der Waals surface area contributed by atoms with Crippen LogP contribution in [0.5, 0.6) is 0 Å². The van der Waals surface area contributed by atoms with Crippen molar-refractivity contribution in [2.45, 2.75) is 179 Å². The molecule has 0 aromatic carbocycles. The van der Waals surface area contributed by atoms with E-state index in [9.17, 15) is 9.59 Å². The molecule has 5 nitrogen and oxygen atoms in total. The van der Waals surface area contributed by atoms with Crippen molar-refractivity contribution >= 4 is 11.9 Å². The Labute approximate surface area is 278 Å². The van der Waals surface area contributed by atoms with Gasteiger partial charge in [-0.15, -0.1) is 0 Å². The van der Waals surface area contributed by atoms with E-state index in [-0.39, 0.29) is 23.0 Å². The minimum absolute atomic E-state index is 0.0298. The normalized spacial score (nSPS) is 36.1. The maximum atomic E-state index is 12.3. The highest BCUT2D eigenvalue weighted by molar-refractivity contribution is 5.76. The second-order valence-electron chi connectivity index (χ2n) is 16.8. The van der Waals surface area contributed by atoms with Gasteiger partial charge >= 0.3 is 11.9 Å². The summed E-state index contributed by atoms with van der Waals surface area (Å²) in [5.41, 5.74) is -1.06. The number of rotatable bonds is 9. The van der Waals surface area contributed by atoms with Gasteiger partial charge in [-0.2, -0.15) is 0 Å². The van der Waals surface area contributed by atoms with Gasteiger partial charge < -0.3 is 14.2 Å². The maximum absolute atomic E-state index is 12.3. The molecule has 0 saturated heterocycles. The molecule has 6 aliphatic carbocycles. The lowest BCUT2D eigenvalue weighted by Gasteiger charge is -2.39. The monoisotopic (exact) mass is 633 g/mol. The van der Waals surface area contributed by atoms with E-state index in [4.69, 9.17) is 14.2 Å². The van der Waals surface area contributed by atoms with E-state index in [0.717, 1.165) is 60.2 Å². The highest BCUT2D eigenvalue weighted by Crippen LogP contribution is 2.67. The van der Waals surface area contributed by atoms with E-state index in [0.29, 0.717) is 12.0 Å². The summed E-state index contributed by atoms with van der Waals surface area (Å²) in [6.45, 7) is 26.0. The van der Waals surface area contributed by atoms with Gasteiger partial charge in [-0.05, 0) is 160 Å². The van der Waals surface area contributed by atoms with Crippen LogP contribution in [-0.2, 0) is 23.8 Å². The predicted molar refractivity (Wildman–Crippen MR) is 184 cm³/mol. The fourth-order valence-corrected chi connectivity index (χ4v) is 10.1. The lowest BCUT2D eigenvalue weighted by molar-refractivity contribution is -0.201. The van der Waals surface area contributed by atoms with Crippen molar-refractivity contribution < 1.29 is 23.8 Å². The molecule has 6 saturated carbocycles. The number of carbonyl (C=O) groups is 2. The molecule has 0 N–H and O–H groups in total. The summed E-state index contributed by atoms with van der Waals surface area (Å²) in [4.78, 5) is 24.5. The summed E-state index contributed by atoms with van der Waals surface area (Å²) in [6.07, 6.45) is 13.9. The smallest absolute Gasteiger partial charge is 0.313 e. The number of carbonyl (C=O) groups excluding carboxylic acids is 2. The molecule has 0 aliphatic heterocycles. The SMILES string of the molecule is CC.CC.CCC(C)(C)C(=O)OC(C)(C)C1CC2CCC1C2.CCC(C)(C)C(=O)OC(C)OC1CC2CC1C1C3CCC(C3)C21. The highest BCUT2D eigenvalue weighted by Gasteiger charge is 2.62. The van der Waals surface area contributed by atoms with Gasteiger partial charge in [0, 0.05) is 5.92 Å². The number of ether oxygens (including phenoxy) is 3. The molecule has 5 heteroatoms. The van der Waals surface area contributed by atoms with Crippen molar-refractivity contribution in [3.05, 3.63) is 0 Å². The van der Waals surface area contributed by atoms with E-state index < -0.39 is 11.7 Å². The van der Waals surface area contributed by atoms with E-state index in [1.807, 2.05) is 76.2 Å². The van der Waals surface area contributed by atoms with Crippen molar-refractivity contribution in [3.63, 3.8) is 0 Å². The molecule has 0 radical (unpaired) electrons. The van der Waals surface area contributed by atoms with Gasteiger partial charge in [0.1, 0.15) is 5.60 Å². The van der Waals surface area contributed by atoms with Gasteiger partial charge in [0.2, 0.25) is 0 Å². The van der Waals surface area contributed by atoms with Crippen molar-refractivity contribution in [1.29, 1.82) is 0 Å². The molecule has 0 heterocycles. The van der Waals surface area contributed by atoms with Crippen molar-refractivity contribution in [2.75, 3.05) is 0 Å². The summed E-state index contributed by atoms with van der Waals surface area (Å²) >= 11 is 0. The van der Waals surface area contributed by atoms with Crippen molar-refractivity contribution in [1.82, 2.24) is 0 Å². The maximum Gasteiger partial charge on any atom is 0.313 e. The van der Waals surface area contributed by atoms with E-state index in [2.05, 4.69) is 13.8 Å². The molecule has 0 spiro atoms. The molecule has 11 unspecified atom stereocenters. The number of hydrogen-bond acceptors (Lipinski definition) is 5. The molecular weight excluding hydrogens is 560 g/mol. The first-order valence-corrected chi connectivity index (χ1v) is 19.3. The first-order chi connectivity index (χ1) is 21.2. The minimum atomic E-state index is -0.415. The average molecular weight is 633 g/mol. The topological polar surface area (TPSA) is 61.8 Å². The number of fused-ring (bicyclic) bond motifs is 11. The molecule has 0 amide bonds. The third-order valence-electron chi connectivity index (χ3n) is 13.2. The van der Waals surface area contributed by atoms with Crippen LogP contribution in [0.1, 0.15) is 161 Å². The zero-order valence-corrected chi connectivity index (χ0v) is 31.7. The summed E-state index contributed by atoms with van der Waals surface area (Å²) in [6, 6.07) is 0. The van der Waals surface area contributed by atoms with Gasteiger partial charge in [0.05, 0.1) is 16.9 Å². The molecular formula is C40H72O5. The third kappa shape index (κ3) is 8.14. The first kappa shape index (κ1) is 38.3. The van der Waals surface area contributed by atoms with Crippen LogP contribution in [0.2, 0.25) is 0 Å². The molecule has 6 fully saturated rings. The van der Waals surface area contributed by atoms with Crippen LogP contribution in [0.4, 0.5) is 0 Å². The fourth-order valence-electron chi connectivity index (χ4n) is 10.1. The van der Waals surface area contributed by atoms with Gasteiger partial charge in [0.25, 0.3) is 0 Å². The second-order valence-corrected chi connectivity index (χ2v) is 16.8. The standard InChI is InChI=1S/C20H32O3.C16H28O2.2C2H6/c1-5-20(3,4)19(21)23-11(2)22-16-10-14-9-15(16)18-13-7-6-12(8-13)17(14)18;1-6-15(2,3)14(17)18-16(4,5)13-10-11-7-8-12(13)9-11;2*1-2/h11-18H,5-10H2,1-4H3;11-13H,6-10H2,1-5H3;2*1-2H3. The van der Waals surface area contributed by atoms with Gasteiger partial charge in [-0.3, -0.25) is 9.59 Å². The Morgan fingerprint density at radius 2 is 1.22 bits per heavy atom. The molecule has 6 rings (SSSR count). The second kappa shape index (κ2) is 15.4. The third-order valence-corrected chi connectivity index (χ3v) is 13.2. The van der Waals surface area contributed by atoms with Crippen LogP contribution in [-0.4, -0.2) is 29.9 Å². The first-order valence-electron chi connectivity index (χ1n) is 19.3. The van der Waals surface area contributed by atoms with Gasteiger partial charge in [-0.1, -0.05) is 48.0 Å².